The maximum absolute atomic E-state index is 12.4. The number of hydrogen-bond acceptors (Lipinski definition) is 5. The second-order valence-electron chi connectivity index (χ2n) is 6.14. The van der Waals surface area contributed by atoms with E-state index in [9.17, 15) is 13.6 Å². The zero-order valence-electron chi connectivity index (χ0n) is 13.7. The fraction of sp³-hybridized carbons (Fsp3) is 0.412. The molecule has 25 heavy (non-hydrogen) atoms. The van der Waals surface area contributed by atoms with Crippen LogP contribution in [0.4, 0.5) is 13.9 Å². The minimum absolute atomic E-state index is 0.0893. The second-order valence-corrected chi connectivity index (χ2v) is 7.35. The van der Waals surface area contributed by atoms with Gasteiger partial charge in [-0.2, -0.15) is 8.78 Å². The van der Waals surface area contributed by atoms with Crippen molar-refractivity contribution in [2.75, 3.05) is 5.32 Å². The lowest BCUT2D eigenvalue weighted by molar-refractivity contribution is -0.121. The first-order valence-corrected chi connectivity index (χ1v) is 8.82. The van der Waals surface area contributed by atoms with Crippen molar-refractivity contribution in [3.63, 3.8) is 0 Å². The number of rotatable bonds is 5. The number of benzene rings is 1. The van der Waals surface area contributed by atoms with E-state index in [1.807, 2.05) is 6.92 Å². The quantitative estimate of drug-likeness (QED) is 0.839. The number of halogens is 2. The highest BCUT2D eigenvalue weighted by atomic mass is 32.1. The van der Waals surface area contributed by atoms with Crippen LogP contribution in [-0.2, 0) is 4.79 Å². The third-order valence-electron chi connectivity index (χ3n) is 4.32. The van der Waals surface area contributed by atoms with E-state index in [-0.39, 0.29) is 11.7 Å². The Kier molecular flexibility index (Phi) is 5.01. The predicted molar refractivity (Wildman–Crippen MR) is 92.9 cm³/mol. The van der Waals surface area contributed by atoms with Gasteiger partial charge >= 0.3 is 6.61 Å². The summed E-state index contributed by atoms with van der Waals surface area (Å²) in [7, 11) is 0. The van der Waals surface area contributed by atoms with E-state index in [4.69, 9.17) is 5.73 Å². The largest absolute Gasteiger partial charge is 0.435 e. The molecule has 1 amide bonds. The van der Waals surface area contributed by atoms with Gasteiger partial charge in [-0.15, -0.1) is 11.3 Å². The van der Waals surface area contributed by atoms with Crippen molar-refractivity contribution in [1.29, 1.82) is 0 Å². The van der Waals surface area contributed by atoms with Crippen LogP contribution in [0.2, 0.25) is 0 Å². The number of aryl methyl sites for hydroxylation is 1. The van der Waals surface area contributed by atoms with E-state index in [0.717, 1.165) is 23.3 Å². The van der Waals surface area contributed by atoms with Crippen molar-refractivity contribution >= 4 is 22.4 Å². The van der Waals surface area contributed by atoms with Gasteiger partial charge in [-0.1, -0.05) is 12.8 Å². The fourth-order valence-electron chi connectivity index (χ4n) is 2.97. The van der Waals surface area contributed by atoms with Crippen LogP contribution in [-0.4, -0.2) is 23.0 Å². The van der Waals surface area contributed by atoms with Gasteiger partial charge in [0, 0.05) is 10.4 Å². The summed E-state index contributed by atoms with van der Waals surface area (Å²) in [5, 5.41) is 3.30. The molecule has 3 rings (SSSR count). The lowest BCUT2D eigenvalue weighted by atomic mass is 9.98. The molecule has 1 aromatic heterocycles. The summed E-state index contributed by atoms with van der Waals surface area (Å²) >= 11 is 1.36. The Hall–Kier alpha value is -2.06. The molecular weight excluding hydrogens is 348 g/mol. The second kappa shape index (κ2) is 7.05. The number of nitrogens with zero attached hydrogens (tertiary/aromatic N) is 1. The van der Waals surface area contributed by atoms with Crippen LogP contribution in [0.15, 0.2) is 24.3 Å². The number of amides is 1. The topological polar surface area (TPSA) is 77.2 Å². The number of carbonyl (C=O) groups is 1. The Balaban J connectivity index is 1.75. The van der Waals surface area contributed by atoms with Gasteiger partial charge in [0.25, 0.3) is 0 Å². The molecule has 8 heteroatoms. The summed E-state index contributed by atoms with van der Waals surface area (Å²) in [6.45, 7) is -0.965. The number of nitrogens with two attached hydrogens (primary N) is 1. The highest BCUT2D eigenvalue weighted by molar-refractivity contribution is 7.16. The average molecular weight is 367 g/mol. The van der Waals surface area contributed by atoms with E-state index in [1.165, 1.54) is 23.5 Å². The number of aromatic nitrogens is 1. The van der Waals surface area contributed by atoms with Crippen molar-refractivity contribution in [3.8, 4) is 17.0 Å². The van der Waals surface area contributed by atoms with Crippen LogP contribution in [0, 0.1) is 6.92 Å². The minimum atomic E-state index is -2.85. The third kappa shape index (κ3) is 3.96. The SMILES string of the molecule is Cc1sc(NC(=O)C2(N)CCCC2)nc1-c1ccc(OC(F)F)cc1. The van der Waals surface area contributed by atoms with Gasteiger partial charge in [0.15, 0.2) is 5.13 Å². The van der Waals surface area contributed by atoms with Crippen molar-refractivity contribution in [3.05, 3.63) is 29.1 Å². The van der Waals surface area contributed by atoms with Gasteiger partial charge in [-0.25, -0.2) is 4.98 Å². The zero-order valence-corrected chi connectivity index (χ0v) is 14.5. The fourth-order valence-corrected chi connectivity index (χ4v) is 3.80. The van der Waals surface area contributed by atoms with Crippen LogP contribution in [0.1, 0.15) is 30.6 Å². The molecule has 5 nitrogen and oxygen atoms in total. The zero-order chi connectivity index (χ0) is 18.0. The van der Waals surface area contributed by atoms with Crippen molar-refractivity contribution in [2.24, 2.45) is 5.73 Å². The molecule has 0 spiro atoms. The molecule has 0 bridgehead atoms. The molecule has 0 saturated heterocycles. The van der Waals surface area contributed by atoms with Crippen molar-refractivity contribution in [1.82, 2.24) is 4.98 Å². The van der Waals surface area contributed by atoms with Gasteiger partial charge in [-0.05, 0) is 44.0 Å². The van der Waals surface area contributed by atoms with E-state index >= 15 is 0 Å². The third-order valence-corrected chi connectivity index (χ3v) is 5.20. The van der Waals surface area contributed by atoms with Gasteiger partial charge in [-0.3, -0.25) is 4.79 Å². The molecule has 0 radical (unpaired) electrons. The number of hydrogen-bond donors (Lipinski definition) is 2. The lowest BCUT2D eigenvalue weighted by Gasteiger charge is -2.21. The molecule has 0 atom stereocenters. The molecular formula is C17H19F2N3O2S. The molecule has 134 valence electrons. The molecule has 1 heterocycles. The maximum atomic E-state index is 12.4. The molecule has 3 N–H and O–H groups in total. The Labute approximate surface area is 148 Å². The van der Waals surface area contributed by atoms with Crippen molar-refractivity contribution in [2.45, 2.75) is 44.8 Å². The number of ether oxygens (including phenoxy) is 1. The molecule has 1 saturated carbocycles. The Morgan fingerprint density at radius 3 is 2.56 bits per heavy atom. The summed E-state index contributed by atoms with van der Waals surface area (Å²) in [4.78, 5) is 17.8. The van der Waals surface area contributed by atoms with E-state index in [1.54, 1.807) is 12.1 Å². The summed E-state index contributed by atoms with van der Waals surface area (Å²) in [6.07, 6.45) is 3.28. The number of nitrogens with one attached hydrogen (secondary N) is 1. The van der Waals surface area contributed by atoms with Crippen LogP contribution in [0.5, 0.6) is 5.75 Å². The molecule has 0 aliphatic heterocycles. The smallest absolute Gasteiger partial charge is 0.387 e. The standard InChI is InChI=1S/C17H19F2N3O2S/c1-10-13(11-4-6-12(7-5-11)24-15(18)19)21-16(25-10)22-14(23)17(20)8-2-3-9-17/h4-7,15H,2-3,8-9,20H2,1H3,(H,21,22,23). The number of carbonyl (C=O) groups excluding carboxylic acids is 1. The number of thiazole rings is 1. The number of anilines is 1. The van der Waals surface area contributed by atoms with Gasteiger partial charge in [0.1, 0.15) is 5.75 Å². The molecule has 2 aromatic rings. The van der Waals surface area contributed by atoms with Crippen LogP contribution in [0.25, 0.3) is 11.3 Å². The average Bonchev–Trinajstić information content (AvgIpc) is 3.15. The monoisotopic (exact) mass is 367 g/mol. The maximum Gasteiger partial charge on any atom is 0.387 e. The van der Waals surface area contributed by atoms with E-state index in [2.05, 4.69) is 15.0 Å². The minimum Gasteiger partial charge on any atom is -0.435 e. The summed E-state index contributed by atoms with van der Waals surface area (Å²) in [5.41, 5.74) is 6.80. The van der Waals surface area contributed by atoms with E-state index < -0.39 is 12.2 Å². The van der Waals surface area contributed by atoms with E-state index in [0.29, 0.717) is 23.7 Å². The first kappa shape index (κ1) is 17.8. The normalized spacial score (nSPS) is 16.2. The Morgan fingerprint density at radius 2 is 1.96 bits per heavy atom. The lowest BCUT2D eigenvalue weighted by Crippen LogP contribution is -2.48. The van der Waals surface area contributed by atoms with Crippen molar-refractivity contribution < 1.29 is 18.3 Å². The van der Waals surface area contributed by atoms with Gasteiger partial charge in [0.05, 0.1) is 11.2 Å². The van der Waals surface area contributed by atoms with Crippen LogP contribution < -0.4 is 15.8 Å². The van der Waals surface area contributed by atoms with Crippen LogP contribution >= 0.6 is 11.3 Å². The van der Waals surface area contributed by atoms with Crippen LogP contribution in [0.3, 0.4) is 0 Å². The Morgan fingerprint density at radius 1 is 1.32 bits per heavy atom. The first-order chi connectivity index (χ1) is 11.9. The molecule has 1 aliphatic carbocycles. The molecule has 1 fully saturated rings. The summed E-state index contributed by atoms with van der Waals surface area (Å²) in [6, 6.07) is 6.25. The Bertz CT molecular complexity index is 756. The molecule has 0 unspecified atom stereocenters. The molecule has 1 aliphatic rings. The highest BCUT2D eigenvalue weighted by Crippen LogP contribution is 2.33. The summed E-state index contributed by atoms with van der Waals surface area (Å²) < 4.78 is 28.8. The van der Waals surface area contributed by atoms with Gasteiger partial charge < -0.3 is 15.8 Å². The van der Waals surface area contributed by atoms with Gasteiger partial charge in [0.2, 0.25) is 5.91 Å². The molecule has 1 aromatic carbocycles. The predicted octanol–water partition coefficient (Wildman–Crippen LogP) is 3.93. The number of alkyl halides is 2. The first-order valence-electron chi connectivity index (χ1n) is 8.00. The summed E-state index contributed by atoms with van der Waals surface area (Å²) in [5.74, 6) is -0.113. The highest BCUT2D eigenvalue weighted by Gasteiger charge is 2.37.